The summed E-state index contributed by atoms with van der Waals surface area (Å²) in [6, 6.07) is 8.68. The average Bonchev–Trinajstić information content (AvgIpc) is 2.41. The first-order valence-electron chi connectivity index (χ1n) is 6.67. The second-order valence-electron chi connectivity index (χ2n) is 4.89. The Morgan fingerprint density at radius 2 is 2.05 bits per heavy atom. The lowest BCUT2D eigenvalue weighted by Gasteiger charge is -2.37. The third-order valence-corrected chi connectivity index (χ3v) is 3.71. The van der Waals surface area contributed by atoms with Crippen molar-refractivity contribution in [3.8, 4) is 5.75 Å². The minimum absolute atomic E-state index is 0.159. The van der Waals surface area contributed by atoms with Gasteiger partial charge in [-0.2, -0.15) is 0 Å². The fraction of sp³-hybridized carbons (Fsp3) is 0.533. The topological polar surface area (TPSA) is 47.6 Å². The Balaban J connectivity index is 1.75. The SMILES string of the molecule is COC(=O)CCNC1CC(c2ccccc2OC)C1. The van der Waals surface area contributed by atoms with E-state index in [0.717, 1.165) is 18.6 Å². The summed E-state index contributed by atoms with van der Waals surface area (Å²) in [5, 5.41) is 3.38. The third kappa shape index (κ3) is 3.47. The molecule has 4 nitrogen and oxygen atoms in total. The van der Waals surface area contributed by atoms with Crippen LogP contribution >= 0.6 is 0 Å². The third-order valence-electron chi connectivity index (χ3n) is 3.71. The maximum atomic E-state index is 11.0. The standard InChI is InChI=1S/C15H21NO3/c1-18-14-6-4-3-5-13(14)11-9-12(10-11)16-8-7-15(17)19-2/h3-6,11-12,16H,7-10H2,1-2H3. The van der Waals surface area contributed by atoms with Gasteiger partial charge in [-0.05, 0) is 30.4 Å². The number of hydrogen-bond acceptors (Lipinski definition) is 4. The fourth-order valence-electron chi connectivity index (χ4n) is 2.52. The number of esters is 1. The molecule has 0 bridgehead atoms. The summed E-state index contributed by atoms with van der Waals surface area (Å²) in [7, 11) is 3.13. The van der Waals surface area contributed by atoms with E-state index in [-0.39, 0.29) is 5.97 Å². The van der Waals surface area contributed by atoms with Crippen molar-refractivity contribution in [2.75, 3.05) is 20.8 Å². The van der Waals surface area contributed by atoms with Crippen molar-refractivity contribution in [2.45, 2.75) is 31.2 Å². The number of rotatable bonds is 6. The maximum Gasteiger partial charge on any atom is 0.306 e. The molecule has 1 aromatic rings. The van der Waals surface area contributed by atoms with Gasteiger partial charge in [-0.15, -0.1) is 0 Å². The first kappa shape index (κ1) is 13.9. The van der Waals surface area contributed by atoms with Crippen molar-refractivity contribution >= 4 is 5.97 Å². The monoisotopic (exact) mass is 263 g/mol. The summed E-state index contributed by atoms with van der Waals surface area (Å²) in [4.78, 5) is 11.0. The normalized spacial score (nSPS) is 21.6. The lowest BCUT2D eigenvalue weighted by molar-refractivity contribution is -0.140. The van der Waals surface area contributed by atoms with Crippen LogP contribution in [0.15, 0.2) is 24.3 Å². The molecule has 1 aliphatic carbocycles. The molecule has 1 aromatic carbocycles. The second-order valence-corrected chi connectivity index (χ2v) is 4.89. The van der Waals surface area contributed by atoms with Crippen LogP contribution in [0.2, 0.25) is 0 Å². The Kier molecular flexibility index (Phi) is 4.80. The largest absolute Gasteiger partial charge is 0.496 e. The highest BCUT2D eigenvalue weighted by Crippen LogP contribution is 2.40. The van der Waals surface area contributed by atoms with Gasteiger partial charge in [0.2, 0.25) is 0 Å². The summed E-state index contributed by atoms with van der Waals surface area (Å²) in [6.45, 7) is 0.690. The highest BCUT2D eigenvalue weighted by molar-refractivity contribution is 5.69. The highest BCUT2D eigenvalue weighted by atomic mass is 16.5. The number of hydrogen-bond donors (Lipinski definition) is 1. The van der Waals surface area contributed by atoms with E-state index in [1.54, 1.807) is 7.11 Å². The summed E-state index contributed by atoms with van der Waals surface area (Å²) >= 11 is 0. The summed E-state index contributed by atoms with van der Waals surface area (Å²) < 4.78 is 9.99. The van der Waals surface area contributed by atoms with Gasteiger partial charge in [-0.25, -0.2) is 0 Å². The van der Waals surface area contributed by atoms with E-state index in [1.807, 2.05) is 12.1 Å². The van der Waals surface area contributed by atoms with Crippen molar-refractivity contribution < 1.29 is 14.3 Å². The molecule has 2 rings (SSSR count). The smallest absolute Gasteiger partial charge is 0.306 e. The second kappa shape index (κ2) is 6.57. The molecule has 1 saturated carbocycles. The zero-order chi connectivity index (χ0) is 13.7. The van der Waals surface area contributed by atoms with Gasteiger partial charge in [0.05, 0.1) is 20.6 Å². The van der Waals surface area contributed by atoms with Gasteiger partial charge >= 0.3 is 5.97 Å². The Bertz CT molecular complexity index is 427. The quantitative estimate of drug-likeness (QED) is 0.798. The van der Waals surface area contributed by atoms with Crippen LogP contribution in [0.4, 0.5) is 0 Å². The molecule has 4 heteroatoms. The summed E-state index contributed by atoms with van der Waals surface area (Å²) in [5.41, 5.74) is 1.29. The summed E-state index contributed by atoms with van der Waals surface area (Å²) in [5.74, 6) is 1.38. The number of nitrogens with one attached hydrogen (secondary N) is 1. The molecular weight excluding hydrogens is 242 g/mol. The van der Waals surface area contributed by atoms with E-state index in [1.165, 1.54) is 12.7 Å². The van der Waals surface area contributed by atoms with Gasteiger partial charge in [0.15, 0.2) is 0 Å². The molecule has 0 saturated heterocycles. The molecule has 1 aliphatic rings. The first-order chi connectivity index (χ1) is 9.24. The van der Waals surface area contributed by atoms with Crippen molar-refractivity contribution in [2.24, 2.45) is 0 Å². The number of carbonyl (C=O) groups is 1. The van der Waals surface area contributed by atoms with E-state index >= 15 is 0 Å². The summed E-state index contributed by atoms with van der Waals surface area (Å²) in [6.07, 6.45) is 2.63. The Hall–Kier alpha value is -1.55. The number of para-hydroxylation sites is 1. The van der Waals surface area contributed by atoms with Crippen LogP contribution in [0.25, 0.3) is 0 Å². The molecule has 0 atom stereocenters. The van der Waals surface area contributed by atoms with Crippen molar-refractivity contribution in [1.29, 1.82) is 0 Å². The Morgan fingerprint density at radius 3 is 2.74 bits per heavy atom. The van der Waals surface area contributed by atoms with Crippen molar-refractivity contribution in [1.82, 2.24) is 5.32 Å². The van der Waals surface area contributed by atoms with Crippen LogP contribution in [-0.4, -0.2) is 32.8 Å². The molecule has 104 valence electrons. The lowest BCUT2D eigenvalue weighted by Crippen LogP contribution is -2.41. The number of methoxy groups -OCH3 is 2. The highest BCUT2D eigenvalue weighted by Gasteiger charge is 2.31. The van der Waals surface area contributed by atoms with Gasteiger partial charge in [0.1, 0.15) is 5.75 Å². The van der Waals surface area contributed by atoms with Gasteiger partial charge in [0.25, 0.3) is 0 Å². The Morgan fingerprint density at radius 1 is 1.32 bits per heavy atom. The zero-order valence-corrected chi connectivity index (χ0v) is 11.5. The van der Waals surface area contributed by atoms with Gasteiger partial charge < -0.3 is 14.8 Å². The predicted octanol–water partition coefficient (Wildman–Crippen LogP) is 2.09. The van der Waals surface area contributed by atoms with Crippen LogP contribution in [0, 0.1) is 0 Å². The van der Waals surface area contributed by atoms with E-state index in [0.29, 0.717) is 24.9 Å². The Labute approximate surface area is 114 Å². The zero-order valence-electron chi connectivity index (χ0n) is 11.5. The lowest BCUT2D eigenvalue weighted by atomic mass is 9.75. The molecule has 0 unspecified atom stereocenters. The van der Waals surface area contributed by atoms with Gasteiger partial charge in [-0.3, -0.25) is 4.79 Å². The molecule has 0 aromatic heterocycles. The van der Waals surface area contributed by atoms with Crippen molar-refractivity contribution in [3.05, 3.63) is 29.8 Å². The fourth-order valence-corrected chi connectivity index (χ4v) is 2.52. The first-order valence-corrected chi connectivity index (χ1v) is 6.67. The molecule has 1 N–H and O–H groups in total. The molecule has 1 fully saturated rings. The number of benzene rings is 1. The molecule has 0 aliphatic heterocycles. The molecule has 0 spiro atoms. The van der Waals surface area contributed by atoms with E-state index in [2.05, 4.69) is 22.2 Å². The molecule has 0 heterocycles. The van der Waals surface area contributed by atoms with Crippen LogP contribution in [0.5, 0.6) is 5.75 Å². The number of carbonyl (C=O) groups excluding carboxylic acids is 1. The predicted molar refractivity (Wildman–Crippen MR) is 73.4 cm³/mol. The van der Waals surface area contributed by atoms with E-state index in [9.17, 15) is 4.79 Å². The minimum Gasteiger partial charge on any atom is -0.496 e. The maximum absolute atomic E-state index is 11.0. The number of ether oxygens (including phenoxy) is 2. The minimum atomic E-state index is -0.159. The van der Waals surface area contributed by atoms with E-state index in [4.69, 9.17) is 4.74 Å². The molecular formula is C15H21NO3. The van der Waals surface area contributed by atoms with Crippen LogP contribution in [0.1, 0.15) is 30.7 Å². The van der Waals surface area contributed by atoms with Crippen LogP contribution < -0.4 is 10.1 Å². The molecule has 0 radical (unpaired) electrons. The molecule has 19 heavy (non-hydrogen) atoms. The van der Waals surface area contributed by atoms with Gasteiger partial charge in [-0.1, -0.05) is 18.2 Å². The van der Waals surface area contributed by atoms with Crippen molar-refractivity contribution in [3.63, 3.8) is 0 Å². The van der Waals surface area contributed by atoms with Gasteiger partial charge in [0, 0.05) is 12.6 Å². The van der Waals surface area contributed by atoms with Crippen LogP contribution in [-0.2, 0) is 9.53 Å². The average molecular weight is 263 g/mol. The van der Waals surface area contributed by atoms with E-state index < -0.39 is 0 Å². The molecule has 0 amide bonds. The van der Waals surface area contributed by atoms with Crippen LogP contribution in [0.3, 0.4) is 0 Å².